The van der Waals surface area contributed by atoms with Crippen molar-refractivity contribution in [3.05, 3.63) is 64.9 Å². The molecule has 9 heteroatoms. The molecule has 1 aliphatic carbocycles. The SMILES string of the molecule is O=C(CSc1nnc(N2CCCC2)n1-c1ccccc1Cl)N(Cc1ccccc1F)C1CC1. The van der Waals surface area contributed by atoms with Crippen molar-refractivity contribution < 1.29 is 9.18 Å². The van der Waals surface area contributed by atoms with Gasteiger partial charge < -0.3 is 9.80 Å². The number of thioether (sulfide) groups is 1. The molecule has 1 aliphatic heterocycles. The van der Waals surface area contributed by atoms with Crippen molar-refractivity contribution in [1.82, 2.24) is 19.7 Å². The van der Waals surface area contributed by atoms with Crippen LogP contribution in [-0.4, -0.2) is 50.5 Å². The highest BCUT2D eigenvalue weighted by Crippen LogP contribution is 2.33. The van der Waals surface area contributed by atoms with Crippen LogP contribution in [0.2, 0.25) is 5.02 Å². The number of nitrogens with zero attached hydrogens (tertiary/aromatic N) is 5. The number of hydrogen-bond acceptors (Lipinski definition) is 5. The predicted octanol–water partition coefficient (Wildman–Crippen LogP) is 4.94. The maximum Gasteiger partial charge on any atom is 0.233 e. The van der Waals surface area contributed by atoms with Gasteiger partial charge in [0.1, 0.15) is 5.82 Å². The molecule has 0 unspecified atom stereocenters. The summed E-state index contributed by atoms with van der Waals surface area (Å²) < 4.78 is 16.1. The lowest BCUT2D eigenvalue weighted by Crippen LogP contribution is -2.34. The van der Waals surface area contributed by atoms with E-state index in [0.29, 0.717) is 15.7 Å². The first-order valence-corrected chi connectivity index (χ1v) is 12.6. The van der Waals surface area contributed by atoms with Crippen LogP contribution in [0.4, 0.5) is 10.3 Å². The topological polar surface area (TPSA) is 54.3 Å². The Balaban J connectivity index is 1.37. The van der Waals surface area contributed by atoms with Gasteiger partial charge in [-0.3, -0.25) is 9.36 Å². The van der Waals surface area contributed by atoms with Crippen molar-refractivity contribution in [2.24, 2.45) is 0 Å². The van der Waals surface area contributed by atoms with Gasteiger partial charge >= 0.3 is 0 Å². The Morgan fingerprint density at radius 1 is 1.09 bits per heavy atom. The molecule has 0 spiro atoms. The lowest BCUT2D eigenvalue weighted by atomic mass is 10.2. The number of carbonyl (C=O) groups excluding carboxylic acids is 1. The molecule has 1 amide bonds. The Labute approximate surface area is 201 Å². The summed E-state index contributed by atoms with van der Waals surface area (Å²) in [6, 6.07) is 14.4. The molecule has 2 aromatic carbocycles. The summed E-state index contributed by atoms with van der Waals surface area (Å²) in [4.78, 5) is 17.2. The molecule has 33 heavy (non-hydrogen) atoms. The van der Waals surface area contributed by atoms with E-state index in [0.717, 1.165) is 50.4 Å². The van der Waals surface area contributed by atoms with E-state index in [-0.39, 0.29) is 30.1 Å². The van der Waals surface area contributed by atoms with Crippen molar-refractivity contribution in [2.75, 3.05) is 23.7 Å². The van der Waals surface area contributed by atoms with E-state index >= 15 is 0 Å². The standard InChI is InChI=1S/C24H25ClFN5OS/c25-19-8-2-4-10-21(19)31-23(29-13-5-6-14-29)27-28-24(31)33-16-22(32)30(18-11-12-18)15-17-7-1-3-9-20(17)26/h1-4,7-10,18H,5-6,11-16H2. The second-order valence-corrected chi connectivity index (χ2v) is 9.75. The minimum atomic E-state index is -0.280. The fourth-order valence-electron chi connectivity index (χ4n) is 4.15. The highest BCUT2D eigenvalue weighted by molar-refractivity contribution is 7.99. The highest BCUT2D eigenvalue weighted by atomic mass is 35.5. The number of anilines is 1. The van der Waals surface area contributed by atoms with Gasteiger partial charge in [-0.15, -0.1) is 10.2 Å². The molecular formula is C24H25ClFN5OS. The summed E-state index contributed by atoms with van der Waals surface area (Å²) in [6.07, 6.45) is 4.14. The van der Waals surface area contributed by atoms with Gasteiger partial charge in [0.05, 0.1) is 16.5 Å². The third kappa shape index (κ3) is 4.87. The van der Waals surface area contributed by atoms with E-state index in [1.165, 1.54) is 17.8 Å². The Morgan fingerprint density at radius 3 is 2.55 bits per heavy atom. The maximum absolute atomic E-state index is 14.2. The monoisotopic (exact) mass is 485 g/mol. The van der Waals surface area contributed by atoms with Crippen molar-refractivity contribution in [2.45, 2.75) is 43.4 Å². The van der Waals surface area contributed by atoms with Gasteiger partial charge in [0.15, 0.2) is 5.16 Å². The van der Waals surface area contributed by atoms with E-state index < -0.39 is 0 Å². The zero-order valence-corrected chi connectivity index (χ0v) is 19.7. The first-order valence-electron chi connectivity index (χ1n) is 11.2. The van der Waals surface area contributed by atoms with Gasteiger partial charge in [-0.1, -0.05) is 53.7 Å². The Hall–Kier alpha value is -2.58. The predicted molar refractivity (Wildman–Crippen MR) is 129 cm³/mol. The Kier molecular flexibility index (Phi) is 6.55. The third-order valence-electron chi connectivity index (χ3n) is 6.03. The largest absolute Gasteiger partial charge is 0.341 e. The van der Waals surface area contributed by atoms with Gasteiger partial charge in [0.25, 0.3) is 0 Å². The highest BCUT2D eigenvalue weighted by Gasteiger charge is 2.33. The molecular weight excluding hydrogens is 461 g/mol. The summed E-state index contributed by atoms with van der Waals surface area (Å²) >= 11 is 7.87. The molecule has 0 radical (unpaired) electrons. The molecule has 3 aromatic rings. The molecule has 2 aliphatic rings. The summed E-state index contributed by atoms with van der Waals surface area (Å²) in [5, 5.41) is 10.1. The summed E-state index contributed by atoms with van der Waals surface area (Å²) in [7, 11) is 0. The molecule has 1 aromatic heterocycles. The second-order valence-electron chi connectivity index (χ2n) is 8.40. The second kappa shape index (κ2) is 9.73. The zero-order chi connectivity index (χ0) is 22.8. The smallest absolute Gasteiger partial charge is 0.233 e. The number of aromatic nitrogens is 3. The van der Waals surface area contributed by atoms with Crippen LogP contribution in [0.1, 0.15) is 31.2 Å². The molecule has 2 fully saturated rings. The average Bonchev–Trinajstić information content (AvgIpc) is 3.34. The lowest BCUT2D eigenvalue weighted by molar-refractivity contribution is -0.129. The number of halogens is 2. The first-order chi connectivity index (χ1) is 16.1. The number of benzene rings is 2. The third-order valence-corrected chi connectivity index (χ3v) is 7.26. The van der Waals surface area contributed by atoms with E-state index in [9.17, 15) is 9.18 Å². The van der Waals surface area contributed by atoms with Crippen LogP contribution in [0.25, 0.3) is 5.69 Å². The molecule has 172 valence electrons. The lowest BCUT2D eigenvalue weighted by Gasteiger charge is -2.23. The molecule has 0 N–H and O–H groups in total. The van der Waals surface area contributed by atoms with Gasteiger partial charge in [0, 0.05) is 31.2 Å². The summed E-state index contributed by atoms with van der Waals surface area (Å²) in [5.41, 5.74) is 1.34. The van der Waals surface area contributed by atoms with E-state index in [4.69, 9.17) is 11.6 Å². The Morgan fingerprint density at radius 2 is 1.82 bits per heavy atom. The van der Waals surface area contributed by atoms with Gasteiger partial charge in [-0.25, -0.2) is 4.39 Å². The van der Waals surface area contributed by atoms with Gasteiger partial charge in [0.2, 0.25) is 11.9 Å². The van der Waals surface area contributed by atoms with Gasteiger partial charge in [-0.05, 0) is 43.9 Å². The van der Waals surface area contributed by atoms with Crippen molar-refractivity contribution in [1.29, 1.82) is 0 Å². The number of hydrogen-bond donors (Lipinski definition) is 0. The molecule has 1 saturated carbocycles. The van der Waals surface area contributed by atoms with Crippen LogP contribution in [0, 0.1) is 5.82 Å². The van der Waals surface area contributed by atoms with E-state index in [1.807, 2.05) is 28.8 Å². The number of para-hydroxylation sites is 1. The average molecular weight is 486 g/mol. The molecule has 1 saturated heterocycles. The van der Waals surface area contributed by atoms with Crippen LogP contribution in [0.15, 0.2) is 53.7 Å². The quantitative estimate of drug-likeness (QED) is 0.423. The summed E-state index contributed by atoms with van der Waals surface area (Å²) in [5.74, 6) is 0.647. The number of carbonyl (C=O) groups is 1. The molecule has 0 bridgehead atoms. The van der Waals surface area contributed by atoms with Crippen molar-refractivity contribution in [3.63, 3.8) is 0 Å². The van der Waals surface area contributed by atoms with Crippen molar-refractivity contribution >= 4 is 35.2 Å². The molecule has 5 rings (SSSR count). The number of rotatable bonds is 8. The van der Waals surface area contributed by atoms with E-state index in [2.05, 4.69) is 15.1 Å². The fourth-order valence-corrected chi connectivity index (χ4v) is 5.19. The molecule has 6 nitrogen and oxygen atoms in total. The Bertz CT molecular complexity index is 1150. The molecule has 2 heterocycles. The minimum absolute atomic E-state index is 0.0258. The fraction of sp³-hybridized carbons (Fsp3) is 0.375. The summed E-state index contributed by atoms with van der Waals surface area (Å²) in [6.45, 7) is 2.13. The van der Waals surface area contributed by atoms with Crippen LogP contribution >= 0.6 is 23.4 Å². The normalized spacial score (nSPS) is 15.8. The number of amides is 1. The first kappa shape index (κ1) is 22.2. The maximum atomic E-state index is 14.2. The minimum Gasteiger partial charge on any atom is -0.341 e. The van der Waals surface area contributed by atoms with Crippen molar-refractivity contribution in [3.8, 4) is 5.69 Å². The van der Waals surface area contributed by atoms with Crippen LogP contribution in [0.5, 0.6) is 0 Å². The van der Waals surface area contributed by atoms with Gasteiger partial charge in [-0.2, -0.15) is 0 Å². The zero-order valence-electron chi connectivity index (χ0n) is 18.2. The van der Waals surface area contributed by atoms with Crippen LogP contribution < -0.4 is 4.90 Å². The van der Waals surface area contributed by atoms with E-state index in [1.54, 1.807) is 23.1 Å². The van der Waals surface area contributed by atoms with Crippen LogP contribution in [0.3, 0.4) is 0 Å². The van der Waals surface area contributed by atoms with Crippen LogP contribution in [-0.2, 0) is 11.3 Å². The molecule has 0 atom stereocenters.